The van der Waals surface area contributed by atoms with Crippen molar-refractivity contribution in [1.29, 1.82) is 0 Å². The summed E-state index contributed by atoms with van der Waals surface area (Å²) >= 11 is 5.40. The van der Waals surface area contributed by atoms with Crippen LogP contribution in [0.1, 0.15) is 20.9 Å². The van der Waals surface area contributed by atoms with Crippen LogP contribution >= 0.6 is 12.2 Å². The number of nitro benzene ring substituents is 1. The quantitative estimate of drug-likeness (QED) is 0.195. The Labute approximate surface area is 235 Å². The smallest absolute Gasteiger partial charge is 0.293 e. The SMILES string of the molecule is O=C(NC(=S)Nc1ccccc1N1CCN(C(=O)c2ccccc2)CC1)c1ccc(-c2cccc([N+](=O)[O-])c2)o1. The lowest BCUT2D eigenvalue weighted by atomic mass is 10.1. The molecule has 0 radical (unpaired) electrons. The van der Waals surface area contributed by atoms with Crippen LogP contribution in [0.25, 0.3) is 11.3 Å². The van der Waals surface area contributed by atoms with Crippen molar-refractivity contribution in [2.45, 2.75) is 0 Å². The first-order chi connectivity index (χ1) is 19.4. The Hall–Kier alpha value is -5.03. The van der Waals surface area contributed by atoms with Gasteiger partial charge in [0.05, 0.1) is 16.3 Å². The number of hydrogen-bond acceptors (Lipinski definition) is 7. The van der Waals surface area contributed by atoms with E-state index in [-0.39, 0.29) is 22.5 Å². The number of para-hydroxylation sites is 2. The molecule has 1 saturated heterocycles. The van der Waals surface area contributed by atoms with Crippen LogP contribution < -0.4 is 15.5 Å². The maximum atomic E-state index is 12.8. The maximum Gasteiger partial charge on any atom is 0.293 e. The van der Waals surface area contributed by atoms with Crippen LogP contribution in [0.15, 0.2) is 95.4 Å². The number of thiocarbonyl (C=S) groups is 1. The number of carbonyl (C=O) groups excluding carboxylic acids is 2. The highest BCUT2D eigenvalue weighted by molar-refractivity contribution is 7.80. The van der Waals surface area contributed by atoms with Gasteiger partial charge in [0, 0.05) is 49.4 Å². The van der Waals surface area contributed by atoms with Crippen LogP contribution in [0.2, 0.25) is 0 Å². The van der Waals surface area contributed by atoms with Crippen molar-refractivity contribution < 1.29 is 18.9 Å². The van der Waals surface area contributed by atoms with Crippen LogP contribution in [0.4, 0.5) is 17.1 Å². The zero-order valence-corrected chi connectivity index (χ0v) is 22.1. The Morgan fingerprint density at radius 2 is 1.60 bits per heavy atom. The fraction of sp³-hybridized carbons (Fsp3) is 0.138. The van der Waals surface area contributed by atoms with Gasteiger partial charge in [0.2, 0.25) is 0 Å². The number of non-ortho nitro benzene ring substituents is 1. The highest BCUT2D eigenvalue weighted by atomic mass is 32.1. The number of furan rings is 1. The third kappa shape index (κ3) is 6.00. The van der Waals surface area contributed by atoms with Gasteiger partial charge in [-0.3, -0.25) is 25.0 Å². The van der Waals surface area contributed by atoms with Crippen molar-refractivity contribution in [3.8, 4) is 11.3 Å². The molecule has 10 nitrogen and oxygen atoms in total. The van der Waals surface area contributed by atoms with Crippen molar-refractivity contribution in [3.63, 3.8) is 0 Å². The first-order valence-corrected chi connectivity index (χ1v) is 12.9. The molecule has 2 amide bonds. The van der Waals surface area contributed by atoms with Gasteiger partial charge in [-0.05, 0) is 48.6 Å². The molecule has 0 atom stereocenters. The molecule has 1 aliphatic heterocycles. The standard InChI is InChI=1S/C29H25N5O5S/c35-27(26-14-13-25(39-26)21-9-6-10-22(19-21)34(37)38)31-29(40)30-23-11-4-5-12-24(23)32-15-17-33(18-16-32)28(36)20-7-2-1-3-8-20/h1-14,19H,15-18H2,(H2,30,31,35,40). The van der Waals surface area contributed by atoms with E-state index in [0.717, 1.165) is 5.69 Å². The van der Waals surface area contributed by atoms with E-state index < -0.39 is 10.8 Å². The molecule has 2 N–H and O–H groups in total. The summed E-state index contributed by atoms with van der Waals surface area (Å²) in [6.45, 7) is 2.44. The zero-order valence-electron chi connectivity index (χ0n) is 21.3. The van der Waals surface area contributed by atoms with E-state index in [4.69, 9.17) is 16.6 Å². The maximum absolute atomic E-state index is 12.8. The van der Waals surface area contributed by atoms with E-state index in [1.54, 1.807) is 18.2 Å². The summed E-state index contributed by atoms with van der Waals surface area (Å²) in [6.07, 6.45) is 0. The van der Waals surface area contributed by atoms with E-state index in [9.17, 15) is 19.7 Å². The molecule has 11 heteroatoms. The zero-order chi connectivity index (χ0) is 28.1. The number of anilines is 2. The molecule has 1 aromatic heterocycles. The summed E-state index contributed by atoms with van der Waals surface area (Å²) in [7, 11) is 0. The molecule has 5 rings (SSSR count). The Morgan fingerprint density at radius 1 is 0.875 bits per heavy atom. The molecular formula is C29H25N5O5S. The highest BCUT2D eigenvalue weighted by Gasteiger charge is 2.24. The topological polar surface area (TPSA) is 121 Å². The Kier molecular flexibility index (Phi) is 7.83. The monoisotopic (exact) mass is 555 g/mol. The molecule has 1 fully saturated rings. The first-order valence-electron chi connectivity index (χ1n) is 12.5. The molecule has 0 unspecified atom stereocenters. The number of rotatable bonds is 6. The number of carbonyl (C=O) groups is 2. The minimum atomic E-state index is -0.556. The van der Waals surface area contributed by atoms with Gasteiger partial charge in [0.1, 0.15) is 5.76 Å². The number of benzene rings is 3. The van der Waals surface area contributed by atoms with Gasteiger partial charge in [-0.15, -0.1) is 0 Å². The minimum absolute atomic E-state index is 0.0122. The summed E-state index contributed by atoms with van der Waals surface area (Å²) < 4.78 is 5.64. The number of hydrogen-bond donors (Lipinski definition) is 2. The van der Waals surface area contributed by atoms with E-state index in [1.165, 1.54) is 18.2 Å². The lowest BCUT2D eigenvalue weighted by Gasteiger charge is -2.37. The Balaban J connectivity index is 1.20. The molecule has 1 aliphatic rings. The van der Waals surface area contributed by atoms with Gasteiger partial charge in [0.15, 0.2) is 10.9 Å². The number of nitro groups is 1. The first kappa shape index (κ1) is 26.6. The van der Waals surface area contributed by atoms with Crippen LogP contribution in [0.3, 0.4) is 0 Å². The summed E-state index contributed by atoms with van der Waals surface area (Å²) in [4.78, 5) is 40.2. The number of piperazine rings is 1. The summed E-state index contributed by atoms with van der Waals surface area (Å²) in [6, 6.07) is 25.9. The molecule has 0 spiro atoms. The van der Waals surface area contributed by atoms with Gasteiger partial charge in [-0.25, -0.2) is 0 Å². The predicted molar refractivity (Wildman–Crippen MR) is 155 cm³/mol. The summed E-state index contributed by atoms with van der Waals surface area (Å²) in [5.41, 5.74) is 2.69. The fourth-order valence-electron chi connectivity index (χ4n) is 4.47. The molecule has 2 heterocycles. The lowest BCUT2D eigenvalue weighted by Crippen LogP contribution is -2.49. The predicted octanol–water partition coefficient (Wildman–Crippen LogP) is 4.94. The van der Waals surface area contributed by atoms with Gasteiger partial charge >= 0.3 is 0 Å². The summed E-state index contributed by atoms with van der Waals surface area (Å²) in [5.74, 6) is -0.206. The second-order valence-corrected chi connectivity index (χ2v) is 9.45. The van der Waals surface area contributed by atoms with Gasteiger partial charge in [0.25, 0.3) is 17.5 Å². The van der Waals surface area contributed by atoms with Crippen molar-refractivity contribution in [3.05, 3.63) is 112 Å². The van der Waals surface area contributed by atoms with Gasteiger partial charge in [-0.1, -0.05) is 42.5 Å². The van der Waals surface area contributed by atoms with Crippen LogP contribution in [0.5, 0.6) is 0 Å². The molecule has 0 bridgehead atoms. The van der Waals surface area contributed by atoms with Crippen molar-refractivity contribution in [2.75, 3.05) is 36.4 Å². The van der Waals surface area contributed by atoms with E-state index in [2.05, 4.69) is 15.5 Å². The minimum Gasteiger partial charge on any atom is -0.451 e. The molecule has 40 heavy (non-hydrogen) atoms. The third-order valence-corrected chi connectivity index (χ3v) is 6.68. The molecule has 202 valence electrons. The van der Waals surface area contributed by atoms with Crippen molar-refractivity contribution >= 4 is 46.2 Å². The third-order valence-electron chi connectivity index (χ3n) is 6.48. The normalized spacial score (nSPS) is 13.0. The second kappa shape index (κ2) is 11.8. The molecular weight excluding hydrogens is 530 g/mol. The Morgan fingerprint density at radius 3 is 2.35 bits per heavy atom. The largest absolute Gasteiger partial charge is 0.451 e. The Bertz CT molecular complexity index is 1560. The average molecular weight is 556 g/mol. The van der Waals surface area contributed by atoms with E-state index >= 15 is 0 Å². The van der Waals surface area contributed by atoms with Crippen molar-refractivity contribution in [1.82, 2.24) is 10.2 Å². The molecule has 3 aromatic carbocycles. The molecule has 4 aromatic rings. The van der Waals surface area contributed by atoms with Crippen LogP contribution in [0, 0.1) is 10.1 Å². The number of nitrogens with one attached hydrogen (secondary N) is 2. The average Bonchev–Trinajstić information content (AvgIpc) is 3.49. The van der Waals surface area contributed by atoms with Crippen LogP contribution in [-0.2, 0) is 0 Å². The van der Waals surface area contributed by atoms with E-state index in [0.29, 0.717) is 48.8 Å². The highest BCUT2D eigenvalue weighted by Crippen LogP contribution is 2.28. The van der Waals surface area contributed by atoms with E-state index in [1.807, 2.05) is 59.5 Å². The molecule has 0 aliphatic carbocycles. The lowest BCUT2D eigenvalue weighted by molar-refractivity contribution is -0.384. The van der Waals surface area contributed by atoms with Gasteiger partial charge in [-0.2, -0.15) is 0 Å². The molecule has 0 saturated carbocycles. The van der Waals surface area contributed by atoms with Crippen LogP contribution in [-0.4, -0.2) is 52.9 Å². The number of amides is 2. The number of nitrogens with zero attached hydrogens (tertiary/aromatic N) is 3. The second-order valence-electron chi connectivity index (χ2n) is 9.04. The van der Waals surface area contributed by atoms with Gasteiger partial charge < -0.3 is 19.5 Å². The van der Waals surface area contributed by atoms with Crippen molar-refractivity contribution in [2.24, 2.45) is 0 Å². The fourth-order valence-corrected chi connectivity index (χ4v) is 4.68. The summed E-state index contributed by atoms with van der Waals surface area (Å²) in [5, 5.41) is 16.9.